The summed E-state index contributed by atoms with van der Waals surface area (Å²) in [5.41, 5.74) is 0.783. The lowest BCUT2D eigenvalue weighted by atomic mass is 9.97. The minimum Gasteiger partial charge on any atom is -0.494 e. The van der Waals surface area contributed by atoms with E-state index in [-0.39, 0.29) is 11.8 Å². The Hall–Kier alpha value is -3.06. The highest BCUT2D eigenvalue weighted by molar-refractivity contribution is 7.99. The van der Waals surface area contributed by atoms with E-state index in [9.17, 15) is 4.79 Å². The van der Waals surface area contributed by atoms with E-state index < -0.39 is 0 Å². The first-order valence-corrected chi connectivity index (χ1v) is 11.4. The second-order valence-electron chi connectivity index (χ2n) is 7.33. The van der Waals surface area contributed by atoms with Gasteiger partial charge >= 0.3 is 0 Å². The molecule has 1 fully saturated rings. The molecule has 1 amide bonds. The molecule has 3 aromatic rings. The molecule has 0 radical (unpaired) electrons. The average Bonchev–Trinajstić information content (AvgIpc) is 2.82. The van der Waals surface area contributed by atoms with Crippen molar-refractivity contribution in [2.45, 2.75) is 29.7 Å². The normalized spacial score (nSPS) is 16.0. The number of nitrogens with one attached hydrogen (secondary N) is 1. The van der Waals surface area contributed by atoms with E-state index in [1.165, 1.54) is 0 Å². The van der Waals surface area contributed by atoms with Gasteiger partial charge in [-0.25, -0.2) is 9.97 Å². The molecule has 1 saturated heterocycles. The molecule has 160 valence electrons. The van der Waals surface area contributed by atoms with Gasteiger partial charge in [-0.15, -0.1) is 0 Å². The zero-order chi connectivity index (χ0) is 21.5. The predicted octanol–water partition coefficient (Wildman–Crippen LogP) is 4.88. The summed E-state index contributed by atoms with van der Waals surface area (Å²) in [5, 5.41) is 3.91. The Kier molecular flexibility index (Phi) is 7.04. The van der Waals surface area contributed by atoms with Crippen molar-refractivity contribution in [2.24, 2.45) is 5.92 Å². The molecular weight excluding hydrogens is 408 g/mol. The summed E-state index contributed by atoms with van der Waals surface area (Å²) in [6.07, 6.45) is 5.23. The molecule has 0 saturated carbocycles. The number of benzene rings is 2. The SMILES string of the molecule is CCOc1ccc(NC(=O)[C@H]2CCCN(c3nccnc3Sc3ccccc3)C2)cc1. The first-order chi connectivity index (χ1) is 15.2. The van der Waals surface area contributed by atoms with E-state index in [0.717, 1.165) is 46.6 Å². The van der Waals surface area contributed by atoms with Crippen molar-refractivity contribution < 1.29 is 9.53 Å². The summed E-state index contributed by atoms with van der Waals surface area (Å²) in [4.78, 5) is 25.4. The van der Waals surface area contributed by atoms with Gasteiger partial charge in [0.2, 0.25) is 5.91 Å². The fraction of sp³-hybridized carbons (Fsp3) is 0.292. The largest absolute Gasteiger partial charge is 0.494 e. The summed E-state index contributed by atoms with van der Waals surface area (Å²) in [6.45, 7) is 4.07. The Balaban J connectivity index is 1.43. The van der Waals surface area contributed by atoms with Crippen molar-refractivity contribution in [2.75, 3.05) is 29.9 Å². The zero-order valence-corrected chi connectivity index (χ0v) is 18.3. The number of carbonyl (C=O) groups excluding carboxylic acids is 1. The van der Waals surface area contributed by atoms with Gasteiger partial charge in [0.05, 0.1) is 12.5 Å². The lowest BCUT2D eigenvalue weighted by Crippen LogP contribution is -2.41. The van der Waals surface area contributed by atoms with Gasteiger partial charge in [0.15, 0.2) is 5.82 Å². The molecule has 0 bridgehead atoms. The molecule has 0 aliphatic carbocycles. The number of ether oxygens (including phenoxy) is 1. The van der Waals surface area contributed by atoms with Crippen molar-refractivity contribution in [3.05, 3.63) is 67.0 Å². The first kappa shape index (κ1) is 21.2. The Morgan fingerprint density at radius 1 is 1.13 bits per heavy atom. The quantitative estimate of drug-likeness (QED) is 0.572. The highest BCUT2D eigenvalue weighted by Crippen LogP contribution is 2.34. The molecule has 2 heterocycles. The van der Waals surface area contributed by atoms with Crippen LogP contribution in [0.1, 0.15) is 19.8 Å². The number of nitrogens with zero attached hydrogens (tertiary/aromatic N) is 3. The number of hydrogen-bond acceptors (Lipinski definition) is 6. The van der Waals surface area contributed by atoms with E-state index in [0.29, 0.717) is 13.2 Å². The molecular formula is C24H26N4O2S. The molecule has 1 N–H and O–H groups in total. The average molecular weight is 435 g/mol. The van der Waals surface area contributed by atoms with Gasteiger partial charge in [-0.1, -0.05) is 30.0 Å². The van der Waals surface area contributed by atoms with Crippen LogP contribution in [0.4, 0.5) is 11.5 Å². The molecule has 7 heteroatoms. The predicted molar refractivity (Wildman–Crippen MR) is 124 cm³/mol. The van der Waals surface area contributed by atoms with Crippen LogP contribution in [0.5, 0.6) is 5.75 Å². The number of anilines is 2. The summed E-state index contributed by atoms with van der Waals surface area (Å²) >= 11 is 1.60. The van der Waals surface area contributed by atoms with Crippen molar-refractivity contribution in [1.82, 2.24) is 9.97 Å². The molecule has 31 heavy (non-hydrogen) atoms. The first-order valence-electron chi connectivity index (χ1n) is 10.6. The van der Waals surface area contributed by atoms with E-state index in [2.05, 4.69) is 32.3 Å². The van der Waals surface area contributed by atoms with Crippen LogP contribution in [0, 0.1) is 5.92 Å². The number of piperidine rings is 1. The van der Waals surface area contributed by atoms with Crippen LogP contribution < -0.4 is 15.0 Å². The lowest BCUT2D eigenvalue weighted by Gasteiger charge is -2.33. The number of rotatable bonds is 7. The molecule has 6 nitrogen and oxygen atoms in total. The van der Waals surface area contributed by atoms with Gasteiger partial charge < -0.3 is 15.0 Å². The fourth-order valence-electron chi connectivity index (χ4n) is 3.64. The van der Waals surface area contributed by atoms with Crippen LogP contribution in [0.15, 0.2) is 76.9 Å². The Bertz CT molecular complexity index is 998. The molecule has 1 aromatic heterocycles. The van der Waals surface area contributed by atoms with Crippen molar-refractivity contribution in [1.29, 1.82) is 0 Å². The summed E-state index contributed by atoms with van der Waals surface area (Å²) in [5.74, 6) is 1.58. The third kappa shape index (κ3) is 5.55. The fourth-order valence-corrected chi connectivity index (χ4v) is 4.54. The molecule has 1 atom stereocenters. The van der Waals surface area contributed by atoms with Gasteiger partial charge in [0.25, 0.3) is 0 Å². The monoisotopic (exact) mass is 434 g/mol. The Morgan fingerprint density at radius 2 is 1.90 bits per heavy atom. The van der Waals surface area contributed by atoms with E-state index in [4.69, 9.17) is 4.74 Å². The second-order valence-corrected chi connectivity index (χ2v) is 8.39. The minimum absolute atomic E-state index is 0.0370. The highest BCUT2D eigenvalue weighted by Gasteiger charge is 2.28. The van der Waals surface area contributed by atoms with Gasteiger partial charge in [0, 0.05) is 36.1 Å². The summed E-state index contributed by atoms with van der Waals surface area (Å²) < 4.78 is 5.46. The van der Waals surface area contributed by atoms with Crippen LogP contribution >= 0.6 is 11.8 Å². The molecule has 4 rings (SSSR count). The van der Waals surface area contributed by atoms with E-state index >= 15 is 0 Å². The van der Waals surface area contributed by atoms with Crippen LogP contribution in [0.3, 0.4) is 0 Å². The van der Waals surface area contributed by atoms with Crippen LogP contribution in [0.25, 0.3) is 0 Å². The van der Waals surface area contributed by atoms with Crippen LogP contribution in [-0.2, 0) is 4.79 Å². The Labute approximate surface area is 187 Å². The second kappa shape index (κ2) is 10.3. The van der Waals surface area contributed by atoms with Gasteiger partial charge in [-0.2, -0.15) is 0 Å². The summed E-state index contributed by atoms with van der Waals surface area (Å²) in [7, 11) is 0. The number of carbonyl (C=O) groups is 1. The number of aromatic nitrogens is 2. The standard InChI is InChI=1S/C24H26N4O2S/c1-2-30-20-12-10-19(11-13-20)27-23(29)18-7-6-16-28(17-18)22-24(26-15-14-25-22)31-21-8-4-3-5-9-21/h3-5,8-15,18H,2,6-7,16-17H2,1H3,(H,27,29)/t18-/m0/s1. The maximum Gasteiger partial charge on any atom is 0.229 e. The maximum absolute atomic E-state index is 12.9. The molecule has 0 spiro atoms. The topological polar surface area (TPSA) is 67.3 Å². The lowest BCUT2D eigenvalue weighted by molar-refractivity contribution is -0.120. The van der Waals surface area contributed by atoms with Crippen molar-refractivity contribution in [3.63, 3.8) is 0 Å². The van der Waals surface area contributed by atoms with Gasteiger partial charge in [-0.3, -0.25) is 4.79 Å². The van der Waals surface area contributed by atoms with Gasteiger partial charge in [0.1, 0.15) is 10.8 Å². The van der Waals surface area contributed by atoms with E-state index in [1.54, 1.807) is 24.2 Å². The van der Waals surface area contributed by atoms with Crippen LogP contribution in [0.2, 0.25) is 0 Å². The smallest absolute Gasteiger partial charge is 0.229 e. The molecule has 1 aliphatic heterocycles. The third-order valence-corrected chi connectivity index (χ3v) is 6.12. The maximum atomic E-state index is 12.9. The van der Waals surface area contributed by atoms with E-state index in [1.807, 2.05) is 49.4 Å². The zero-order valence-electron chi connectivity index (χ0n) is 17.5. The summed E-state index contributed by atoms with van der Waals surface area (Å²) in [6, 6.07) is 17.7. The highest BCUT2D eigenvalue weighted by atomic mass is 32.2. The third-order valence-electron chi connectivity index (χ3n) is 5.13. The molecule has 2 aromatic carbocycles. The number of amides is 1. The minimum atomic E-state index is -0.100. The van der Waals surface area contributed by atoms with Crippen LogP contribution in [-0.4, -0.2) is 35.6 Å². The molecule has 1 aliphatic rings. The van der Waals surface area contributed by atoms with Crippen molar-refractivity contribution >= 4 is 29.2 Å². The van der Waals surface area contributed by atoms with Crippen molar-refractivity contribution in [3.8, 4) is 5.75 Å². The number of hydrogen-bond donors (Lipinski definition) is 1. The molecule has 0 unspecified atom stereocenters. The van der Waals surface area contributed by atoms with Gasteiger partial charge in [-0.05, 0) is 56.2 Å². The Morgan fingerprint density at radius 3 is 2.68 bits per heavy atom.